The number of hydrogen-bond donors (Lipinski definition) is 2. The van der Waals surface area contributed by atoms with Crippen LogP contribution in [0.15, 0.2) is 60.7 Å². The largest absolute Gasteiger partial charge is 0.462 e. The number of piperazine rings is 1. The van der Waals surface area contributed by atoms with E-state index in [0.717, 1.165) is 41.4 Å². The summed E-state index contributed by atoms with van der Waals surface area (Å²) in [6, 6.07) is 6.37. The first-order chi connectivity index (χ1) is 18.6. The Morgan fingerprint density at radius 3 is 2.49 bits per heavy atom. The lowest BCUT2D eigenvalue weighted by molar-refractivity contribution is -0.138. The molecule has 1 aliphatic carbocycles. The minimum absolute atomic E-state index is 0.213. The predicted molar refractivity (Wildman–Crippen MR) is 158 cm³/mol. The van der Waals surface area contributed by atoms with E-state index in [1.807, 2.05) is 63.0 Å². The Morgan fingerprint density at radius 2 is 1.95 bits per heavy atom. The van der Waals surface area contributed by atoms with Crippen molar-refractivity contribution >= 4 is 23.6 Å². The van der Waals surface area contributed by atoms with E-state index in [9.17, 15) is 4.79 Å². The number of carbonyl (C=O) groups excluding carboxylic acids is 1. The number of nitrogens with one attached hydrogen (secondary N) is 2. The highest BCUT2D eigenvalue weighted by atomic mass is 35.5. The van der Waals surface area contributed by atoms with Crippen molar-refractivity contribution in [1.82, 2.24) is 25.1 Å². The Morgan fingerprint density at radius 1 is 1.21 bits per heavy atom. The van der Waals surface area contributed by atoms with Crippen molar-refractivity contribution in [3.63, 3.8) is 0 Å². The average Bonchev–Trinajstić information content (AvgIpc) is 3.24. The molecule has 0 amide bonds. The number of dihydropyridines is 1. The van der Waals surface area contributed by atoms with Crippen LogP contribution in [-0.4, -0.2) is 72.9 Å². The third-order valence-electron chi connectivity index (χ3n) is 6.60. The van der Waals surface area contributed by atoms with Crippen LogP contribution in [0.1, 0.15) is 43.7 Å². The molecule has 0 bridgehead atoms. The van der Waals surface area contributed by atoms with Gasteiger partial charge in [-0.15, -0.1) is 0 Å². The number of fused-ring (bicyclic) bond motifs is 2. The quantitative estimate of drug-likeness (QED) is 0.545. The molecule has 0 radical (unpaired) electrons. The predicted octanol–water partition coefficient (Wildman–Crippen LogP) is 4.29. The van der Waals surface area contributed by atoms with Crippen LogP contribution in [0.4, 0.5) is 0 Å². The fourth-order valence-electron chi connectivity index (χ4n) is 4.51. The smallest absolute Gasteiger partial charge is 0.293 e. The number of rotatable bonds is 4. The Kier molecular flexibility index (Phi) is 11.4. The molecular formula is C30H42ClN5O3. The van der Waals surface area contributed by atoms with Crippen LogP contribution in [0, 0.1) is 0 Å². The SMILES string of the molecule is CC(C)(C)OC=O.CN1CCNCC1.COC(C1=CC2=CC=CNC2Cc2ccc(Cl)cc21)c1cncn1C. The van der Waals surface area contributed by atoms with E-state index < -0.39 is 0 Å². The number of allylic oxidation sites excluding steroid dienone is 2. The number of benzene rings is 1. The molecule has 1 fully saturated rings. The number of hydrogen-bond acceptors (Lipinski definition) is 7. The van der Waals surface area contributed by atoms with E-state index in [1.54, 1.807) is 13.4 Å². The van der Waals surface area contributed by atoms with Gasteiger partial charge in [-0.2, -0.15) is 0 Å². The molecule has 3 aliphatic rings. The number of halogens is 1. The van der Waals surface area contributed by atoms with Gasteiger partial charge in [-0.05, 0) is 80.9 Å². The van der Waals surface area contributed by atoms with Gasteiger partial charge in [-0.25, -0.2) is 4.98 Å². The Hall–Kier alpha value is -2.91. The van der Waals surface area contributed by atoms with Crippen LogP contribution in [0.25, 0.3) is 5.57 Å². The lowest BCUT2D eigenvalue weighted by Gasteiger charge is -2.21. The summed E-state index contributed by atoms with van der Waals surface area (Å²) in [7, 11) is 5.87. The Labute approximate surface area is 237 Å². The molecule has 5 rings (SSSR count). The van der Waals surface area contributed by atoms with Gasteiger partial charge in [-0.3, -0.25) is 4.79 Å². The van der Waals surface area contributed by atoms with Crippen molar-refractivity contribution in [3.8, 4) is 0 Å². The summed E-state index contributed by atoms with van der Waals surface area (Å²) < 4.78 is 12.5. The van der Waals surface area contributed by atoms with Gasteiger partial charge in [0.1, 0.15) is 11.7 Å². The summed E-state index contributed by atoms with van der Waals surface area (Å²) in [6.45, 7) is 10.7. The van der Waals surface area contributed by atoms with E-state index in [2.05, 4.69) is 50.5 Å². The third kappa shape index (κ3) is 9.07. The molecule has 0 spiro atoms. The number of aryl methyl sites for hydroxylation is 1. The van der Waals surface area contributed by atoms with Gasteiger partial charge < -0.3 is 29.6 Å². The molecule has 1 saturated heterocycles. The van der Waals surface area contributed by atoms with Crippen LogP contribution in [-0.2, 0) is 27.7 Å². The summed E-state index contributed by atoms with van der Waals surface area (Å²) in [5, 5.41) is 7.46. The maximum atomic E-state index is 9.60. The molecule has 1 aromatic heterocycles. The van der Waals surface area contributed by atoms with Gasteiger partial charge in [0.25, 0.3) is 6.47 Å². The monoisotopic (exact) mass is 555 g/mol. The number of nitrogens with zero attached hydrogens (tertiary/aromatic N) is 3. The van der Waals surface area contributed by atoms with E-state index in [-0.39, 0.29) is 17.7 Å². The van der Waals surface area contributed by atoms with Crippen molar-refractivity contribution in [2.24, 2.45) is 7.05 Å². The zero-order valence-electron chi connectivity index (χ0n) is 23.9. The van der Waals surface area contributed by atoms with Gasteiger partial charge in [0, 0.05) is 45.4 Å². The number of methoxy groups -OCH3 is 1. The second-order valence-corrected chi connectivity index (χ2v) is 11.2. The van der Waals surface area contributed by atoms with Gasteiger partial charge >= 0.3 is 0 Å². The highest BCUT2D eigenvalue weighted by molar-refractivity contribution is 6.30. The molecule has 0 saturated carbocycles. The van der Waals surface area contributed by atoms with Gasteiger partial charge in [-0.1, -0.05) is 29.8 Å². The highest BCUT2D eigenvalue weighted by Gasteiger charge is 2.28. The summed E-state index contributed by atoms with van der Waals surface area (Å²) in [6.07, 6.45) is 12.8. The maximum absolute atomic E-state index is 9.60. The van der Waals surface area contributed by atoms with Gasteiger partial charge in [0.15, 0.2) is 0 Å². The molecule has 3 heterocycles. The third-order valence-corrected chi connectivity index (χ3v) is 6.83. The van der Waals surface area contributed by atoms with Crippen molar-refractivity contribution in [3.05, 3.63) is 82.6 Å². The molecule has 212 valence electrons. The van der Waals surface area contributed by atoms with E-state index in [4.69, 9.17) is 16.3 Å². The number of carbonyl (C=O) groups is 1. The first kappa shape index (κ1) is 30.6. The normalized spacial score (nSPS) is 19.2. The van der Waals surface area contributed by atoms with Crippen LogP contribution in [0.2, 0.25) is 5.02 Å². The fraction of sp³-hybridized carbons (Fsp3) is 0.467. The summed E-state index contributed by atoms with van der Waals surface area (Å²) in [5.41, 5.74) is 5.44. The Bertz CT molecular complexity index is 1180. The molecule has 1 aromatic carbocycles. The van der Waals surface area contributed by atoms with Crippen LogP contribution in [0.3, 0.4) is 0 Å². The molecule has 2 aromatic rings. The topological polar surface area (TPSA) is 80.7 Å². The van der Waals surface area contributed by atoms with Gasteiger partial charge in [0.05, 0.1) is 24.3 Å². The summed E-state index contributed by atoms with van der Waals surface area (Å²) in [5.74, 6) is 0. The van der Waals surface area contributed by atoms with E-state index in [0.29, 0.717) is 6.47 Å². The van der Waals surface area contributed by atoms with E-state index in [1.165, 1.54) is 24.2 Å². The van der Waals surface area contributed by atoms with Gasteiger partial charge in [0.2, 0.25) is 0 Å². The zero-order chi connectivity index (χ0) is 28.4. The van der Waals surface area contributed by atoms with Crippen LogP contribution in [0.5, 0.6) is 0 Å². The second kappa shape index (κ2) is 14.5. The molecule has 39 heavy (non-hydrogen) atoms. The Balaban J connectivity index is 0.000000247. The lowest BCUT2D eigenvalue weighted by Crippen LogP contribution is -2.40. The molecule has 9 heteroatoms. The number of imidazole rings is 1. The number of likely N-dealkylation sites (N-methyl/N-ethyl adjacent to an activating group) is 1. The van der Waals surface area contributed by atoms with Crippen molar-refractivity contribution < 1.29 is 14.3 Å². The molecule has 2 atom stereocenters. The first-order valence-corrected chi connectivity index (χ1v) is 13.6. The van der Waals surface area contributed by atoms with Crippen LogP contribution >= 0.6 is 11.6 Å². The van der Waals surface area contributed by atoms with Crippen molar-refractivity contribution in [1.29, 1.82) is 0 Å². The highest BCUT2D eigenvalue weighted by Crippen LogP contribution is 2.39. The summed E-state index contributed by atoms with van der Waals surface area (Å²) in [4.78, 5) is 16.2. The molecule has 2 N–H and O–H groups in total. The van der Waals surface area contributed by atoms with Crippen molar-refractivity contribution in [2.45, 2.75) is 44.9 Å². The first-order valence-electron chi connectivity index (χ1n) is 13.3. The minimum atomic E-state index is -0.318. The molecule has 2 aliphatic heterocycles. The number of aromatic nitrogens is 2. The standard InChI is InChI=1S/C20H20ClN3O.C5H12N2.C5H10O2/c1-24-12-22-11-19(24)20(25-2)17-8-14-4-3-7-23-18(14)9-13-5-6-15(21)10-16(13)17;1-7-4-2-6-3-5-7;1-5(2,3)7-4-6/h3-8,10-12,18,20,23H,9H2,1-2H3;6H,2-5H2,1H3;4H,1-3H3. The summed E-state index contributed by atoms with van der Waals surface area (Å²) >= 11 is 6.32. The maximum Gasteiger partial charge on any atom is 0.293 e. The number of ether oxygens (including phenoxy) is 2. The fourth-order valence-corrected chi connectivity index (χ4v) is 4.68. The second-order valence-electron chi connectivity index (χ2n) is 10.8. The van der Waals surface area contributed by atoms with E-state index >= 15 is 0 Å². The van der Waals surface area contributed by atoms with Crippen molar-refractivity contribution in [2.75, 3.05) is 40.3 Å². The zero-order valence-corrected chi connectivity index (χ0v) is 24.7. The minimum Gasteiger partial charge on any atom is -0.462 e. The molecule has 8 nitrogen and oxygen atoms in total. The molecular weight excluding hydrogens is 514 g/mol. The average molecular weight is 556 g/mol. The lowest BCUT2D eigenvalue weighted by atomic mass is 9.94. The van der Waals surface area contributed by atoms with Crippen LogP contribution < -0.4 is 10.6 Å². The molecule has 2 unspecified atom stereocenters.